The largest absolute Gasteiger partial charge is 0.451 e. The van der Waals surface area contributed by atoms with E-state index in [0.717, 1.165) is 32.2 Å². The van der Waals surface area contributed by atoms with Crippen LogP contribution in [0.15, 0.2) is 33.6 Å². The molecule has 1 aromatic heterocycles. The Bertz CT molecular complexity index is 1020. The molecule has 2 amide bonds. The van der Waals surface area contributed by atoms with E-state index in [2.05, 4.69) is 10.0 Å². The number of fused-ring (bicyclic) bond motifs is 1. The van der Waals surface area contributed by atoms with E-state index in [0.29, 0.717) is 17.5 Å². The summed E-state index contributed by atoms with van der Waals surface area (Å²) in [5, 5.41) is 3.71. The summed E-state index contributed by atoms with van der Waals surface area (Å²) < 4.78 is 31.9. The Hall–Kier alpha value is -2.23. The summed E-state index contributed by atoms with van der Waals surface area (Å²) >= 11 is 0. The van der Waals surface area contributed by atoms with Crippen LogP contribution in [0, 0.1) is 5.92 Å². The van der Waals surface area contributed by atoms with Gasteiger partial charge < -0.3 is 9.73 Å². The van der Waals surface area contributed by atoms with Crippen LogP contribution in [0.3, 0.4) is 0 Å². The maximum atomic E-state index is 13.1. The summed E-state index contributed by atoms with van der Waals surface area (Å²) in [6.07, 6.45) is 3.30. The lowest BCUT2D eigenvalue weighted by Gasteiger charge is -2.28. The van der Waals surface area contributed by atoms with Crippen molar-refractivity contribution in [3.8, 4) is 0 Å². The van der Waals surface area contributed by atoms with Crippen LogP contribution in [0.2, 0.25) is 0 Å². The Labute approximate surface area is 163 Å². The average Bonchev–Trinajstić information content (AvgIpc) is 3.44. The predicted molar refractivity (Wildman–Crippen MR) is 102 cm³/mol. The van der Waals surface area contributed by atoms with Crippen molar-refractivity contribution in [2.24, 2.45) is 5.92 Å². The molecule has 1 aliphatic heterocycles. The Balaban J connectivity index is 1.63. The zero-order valence-electron chi connectivity index (χ0n) is 15.6. The van der Waals surface area contributed by atoms with Gasteiger partial charge in [-0.05, 0) is 63.5 Å². The second kappa shape index (κ2) is 7.31. The van der Waals surface area contributed by atoms with E-state index in [-0.39, 0.29) is 28.5 Å². The number of furan rings is 1. The lowest BCUT2D eigenvalue weighted by Crippen LogP contribution is -2.46. The highest BCUT2D eigenvalue weighted by atomic mass is 32.2. The van der Waals surface area contributed by atoms with Gasteiger partial charge in [0.1, 0.15) is 5.58 Å². The maximum Gasteiger partial charge on any atom is 0.296 e. The molecule has 2 N–H and O–H groups in total. The number of hydrogen-bond donors (Lipinski definition) is 2. The molecule has 1 unspecified atom stereocenters. The second-order valence-corrected chi connectivity index (χ2v) is 9.19. The fourth-order valence-corrected chi connectivity index (χ4v) is 4.33. The van der Waals surface area contributed by atoms with E-state index >= 15 is 0 Å². The van der Waals surface area contributed by atoms with Crippen molar-refractivity contribution < 1.29 is 22.4 Å². The molecule has 1 aromatic carbocycles. The molecule has 2 heterocycles. The Morgan fingerprint density at radius 1 is 1.21 bits per heavy atom. The van der Waals surface area contributed by atoms with E-state index < -0.39 is 15.9 Å². The number of piperidine rings is 1. The number of nitrogens with one attached hydrogen (secondary N) is 2. The first-order valence-electron chi connectivity index (χ1n) is 9.46. The Kier molecular flexibility index (Phi) is 4.98. The summed E-state index contributed by atoms with van der Waals surface area (Å²) in [6.45, 7) is 1.48. The van der Waals surface area contributed by atoms with Crippen LogP contribution >= 0.6 is 0 Å². The van der Waals surface area contributed by atoms with Crippen LogP contribution in [0.4, 0.5) is 0 Å². The molecule has 8 nitrogen and oxygen atoms in total. The number of nitrogens with zero attached hydrogens (tertiary/aromatic N) is 1. The van der Waals surface area contributed by atoms with Gasteiger partial charge in [0.15, 0.2) is 5.76 Å². The number of sulfonamides is 1. The Morgan fingerprint density at radius 3 is 2.64 bits per heavy atom. The summed E-state index contributed by atoms with van der Waals surface area (Å²) in [5.74, 6) is -0.751. The monoisotopic (exact) mass is 405 g/mol. The molecule has 1 atom stereocenters. The van der Waals surface area contributed by atoms with Crippen molar-refractivity contribution in [1.29, 1.82) is 0 Å². The molecular weight excluding hydrogens is 382 g/mol. The number of hydrogen-bond acceptors (Lipinski definition) is 6. The van der Waals surface area contributed by atoms with Gasteiger partial charge in [0, 0.05) is 18.0 Å². The second-order valence-electron chi connectivity index (χ2n) is 7.31. The fourth-order valence-electron chi connectivity index (χ4n) is 3.57. The van der Waals surface area contributed by atoms with Crippen molar-refractivity contribution in [3.63, 3.8) is 0 Å². The lowest BCUT2D eigenvalue weighted by atomic mass is 9.98. The van der Waals surface area contributed by atoms with Gasteiger partial charge in [0.25, 0.3) is 5.91 Å². The number of imide groups is 1. The topological polar surface area (TPSA) is 109 Å². The van der Waals surface area contributed by atoms with Crippen LogP contribution in [0.25, 0.3) is 11.0 Å². The van der Waals surface area contributed by atoms with Gasteiger partial charge in [-0.25, -0.2) is 13.1 Å². The van der Waals surface area contributed by atoms with Crippen LogP contribution < -0.4 is 10.0 Å². The molecule has 1 saturated carbocycles. The summed E-state index contributed by atoms with van der Waals surface area (Å²) in [5.41, 5.74) is 0.404. The van der Waals surface area contributed by atoms with Crippen LogP contribution in [0.5, 0.6) is 0 Å². The van der Waals surface area contributed by atoms with E-state index in [1.807, 2.05) is 0 Å². The fraction of sp³-hybridized carbons (Fsp3) is 0.474. The molecule has 2 aromatic rings. The molecule has 0 spiro atoms. The SMILES string of the molecule is CNS(=O)(=O)c1ccc2oc(C(=O)N(C(=O)C3CCCNC3)C3CC3)cc2c1. The summed E-state index contributed by atoms with van der Waals surface area (Å²) in [6, 6.07) is 5.83. The third kappa shape index (κ3) is 3.57. The minimum atomic E-state index is -3.60. The van der Waals surface area contributed by atoms with Crippen molar-refractivity contribution in [3.05, 3.63) is 30.0 Å². The molecule has 9 heteroatoms. The first-order valence-corrected chi connectivity index (χ1v) is 10.9. The van der Waals surface area contributed by atoms with Gasteiger partial charge in [-0.1, -0.05) is 0 Å². The molecular formula is C19H23N3O5S. The highest BCUT2D eigenvalue weighted by Gasteiger charge is 2.41. The highest BCUT2D eigenvalue weighted by Crippen LogP contribution is 2.32. The van der Waals surface area contributed by atoms with Crippen LogP contribution in [-0.2, 0) is 14.8 Å². The molecule has 4 rings (SSSR count). The summed E-state index contributed by atoms with van der Waals surface area (Å²) in [7, 11) is -2.26. The van der Waals surface area contributed by atoms with Gasteiger partial charge in [-0.15, -0.1) is 0 Å². The van der Waals surface area contributed by atoms with E-state index in [9.17, 15) is 18.0 Å². The van der Waals surface area contributed by atoms with Gasteiger partial charge in [-0.2, -0.15) is 0 Å². The van der Waals surface area contributed by atoms with Gasteiger partial charge in [0.05, 0.1) is 10.8 Å². The molecule has 28 heavy (non-hydrogen) atoms. The van der Waals surface area contributed by atoms with Gasteiger partial charge in [0.2, 0.25) is 15.9 Å². The van der Waals surface area contributed by atoms with Gasteiger partial charge in [-0.3, -0.25) is 14.5 Å². The van der Waals surface area contributed by atoms with Crippen LogP contribution in [0.1, 0.15) is 36.2 Å². The maximum absolute atomic E-state index is 13.1. The number of benzene rings is 1. The van der Waals surface area contributed by atoms with Crippen molar-refractivity contribution in [1.82, 2.24) is 14.9 Å². The highest BCUT2D eigenvalue weighted by molar-refractivity contribution is 7.89. The molecule has 1 saturated heterocycles. The average molecular weight is 405 g/mol. The number of rotatable bonds is 5. The lowest BCUT2D eigenvalue weighted by molar-refractivity contribution is -0.133. The van der Waals surface area contributed by atoms with Crippen molar-refractivity contribution >= 4 is 32.8 Å². The molecule has 1 aliphatic carbocycles. The number of amides is 2. The van der Waals surface area contributed by atoms with E-state index in [4.69, 9.17) is 4.42 Å². The van der Waals surface area contributed by atoms with E-state index in [1.165, 1.54) is 36.2 Å². The zero-order valence-corrected chi connectivity index (χ0v) is 16.4. The molecule has 2 fully saturated rings. The van der Waals surface area contributed by atoms with Gasteiger partial charge >= 0.3 is 0 Å². The third-order valence-electron chi connectivity index (χ3n) is 5.29. The standard InChI is InChI=1S/C19H23N3O5S/c1-20-28(25,26)15-6-7-16-13(9-15)10-17(27-16)19(24)22(14-4-5-14)18(23)12-3-2-8-21-11-12/h6-7,9-10,12,14,20-21H,2-5,8,11H2,1H3. The molecule has 150 valence electrons. The Morgan fingerprint density at radius 2 is 2.00 bits per heavy atom. The first-order chi connectivity index (χ1) is 13.4. The minimum Gasteiger partial charge on any atom is -0.451 e. The third-order valence-corrected chi connectivity index (χ3v) is 6.70. The van der Waals surface area contributed by atoms with Crippen LogP contribution in [-0.4, -0.2) is 51.3 Å². The minimum absolute atomic E-state index is 0.0537. The molecule has 2 aliphatic rings. The smallest absolute Gasteiger partial charge is 0.296 e. The van der Waals surface area contributed by atoms with E-state index in [1.54, 1.807) is 0 Å². The molecule has 0 radical (unpaired) electrons. The quantitative estimate of drug-likeness (QED) is 0.730. The first kappa shape index (κ1) is 19.1. The zero-order chi connectivity index (χ0) is 19.9. The summed E-state index contributed by atoms with van der Waals surface area (Å²) in [4.78, 5) is 27.5. The van der Waals surface area contributed by atoms with Crippen molar-refractivity contribution in [2.75, 3.05) is 20.1 Å². The predicted octanol–water partition coefficient (Wildman–Crippen LogP) is 1.47. The normalized spacial score (nSPS) is 20.2. The molecule has 0 bridgehead atoms. The number of carbonyl (C=O) groups is 2. The van der Waals surface area contributed by atoms with Crippen molar-refractivity contribution in [2.45, 2.75) is 36.6 Å². The number of carbonyl (C=O) groups excluding carboxylic acids is 2.